The van der Waals surface area contributed by atoms with E-state index in [9.17, 15) is 4.79 Å². The number of nitrogens with zero attached hydrogens (tertiary/aromatic N) is 5. The first-order valence-corrected chi connectivity index (χ1v) is 12.5. The lowest BCUT2D eigenvalue weighted by Crippen LogP contribution is -2.56. The smallest absolute Gasteiger partial charge is 0.233 e. The number of carbonyl (C=O) groups is 1. The molecule has 0 spiro atoms. The van der Waals surface area contributed by atoms with E-state index in [-0.39, 0.29) is 5.91 Å². The lowest BCUT2D eigenvalue weighted by molar-refractivity contribution is -0.141. The van der Waals surface area contributed by atoms with E-state index in [1.165, 1.54) is 25.7 Å². The Labute approximate surface area is 196 Å². The zero-order valence-corrected chi connectivity index (χ0v) is 19.5. The average Bonchev–Trinajstić information content (AvgIpc) is 3.19. The molecular formula is C26H35N5O2. The third-order valence-corrected chi connectivity index (χ3v) is 7.54. The Morgan fingerprint density at radius 2 is 1.30 bits per heavy atom. The van der Waals surface area contributed by atoms with Crippen LogP contribution in [0.3, 0.4) is 0 Å². The highest BCUT2D eigenvalue weighted by atomic mass is 16.5. The zero-order chi connectivity index (χ0) is 22.5. The van der Waals surface area contributed by atoms with Crippen LogP contribution in [0.15, 0.2) is 42.5 Å². The van der Waals surface area contributed by atoms with Gasteiger partial charge in [0, 0.05) is 52.5 Å². The molecule has 7 heteroatoms. The van der Waals surface area contributed by atoms with Gasteiger partial charge in [-0.15, -0.1) is 10.2 Å². The third-order valence-electron chi connectivity index (χ3n) is 7.54. The average molecular weight is 450 g/mol. The number of rotatable bonds is 4. The fourth-order valence-electron chi connectivity index (χ4n) is 5.50. The van der Waals surface area contributed by atoms with E-state index in [1.807, 2.05) is 23.1 Å². The number of aromatic nitrogens is 2. The molecule has 1 aromatic heterocycles. The van der Waals surface area contributed by atoms with Crippen LogP contribution in [-0.4, -0.2) is 73.5 Å². The number of anilines is 2. The molecule has 5 rings (SSSR count). The SMILES string of the molecule is O=C(N1CCN(c2ccc(N3CCCCCC3)nn2)CC1)C1(c2ccccc2)CCOCC1. The first-order chi connectivity index (χ1) is 16.3. The van der Waals surface area contributed by atoms with Crippen molar-refractivity contribution in [2.24, 2.45) is 0 Å². The van der Waals surface area contributed by atoms with Crippen LogP contribution in [0.4, 0.5) is 11.6 Å². The Balaban J connectivity index is 1.23. The molecule has 0 bridgehead atoms. The van der Waals surface area contributed by atoms with E-state index in [4.69, 9.17) is 4.74 Å². The number of hydrogen-bond acceptors (Lipinski definition) is 6. The maximum atomic E-state index is 13.8. The molecule has 0 N–H and O–H groups in total. The Hall–Kier alpha value is -2.67. The van der Waals surface area contributed by atoms with Crippen molar-refractivity contribution in [1.29, 1.82) is 0 Å². The lowest BCUT2D eigenvalue weighted by atomic mass is 9.73. The maximum Gasteiger partial charge on any atom is 0.233 e. The minimum atomic E-state index is -0.462. The highest BCUT2D eigenvalue weighted by molar-refractivity contribution is 5.88. The molecule has 3 saturated heterocycles. The topological polar surface area (TPSA) is 61.8 Å². The summed E-state index contributed by atoms with van der Waals surface area (Å²) in [5.74, 6) is 2.14. The van der Waals surface area contributed by atoms with Gasteiger partial charge in [-0.1, -0.05) is 43.2 Å². The normalized spacial score (nSPS) is 21.5. The van der Waals surface area contributed by atoms with Gasteiger partial charge in [-0.3, -0.25) is 4.79 Å². The summed E-state index contributed by atoms with van der Waals surface area (Å²) in [6, 6.07) is 14.5. The van der Waals surface area contributed by atoms with Crippen molar-refractivity contribution in [3.63, 3.8) is 0 Å². The van der Waals surface area contributed by atoms with Gasteiger partial charge in [-0.05, 0) is 43.4 Å². The van der Waals surface area contributed by atoms with Crippen LogP contribution in [0.25, 0.3) is 0 Å². The molecule has 0 atom stereocenters. The van der Waals surface area contributed by atoms with Crippen LogP contribution in [-0.2, 0) is 14.9 Å². The quantitative estimate of drug-likeness (QED) is 0.714. The second-order valence-corrected chi connectivity index (χ2v) is 9.49. The lowest BCUT2D eigenvalue weighted by Gasteiger charge is -2.43. The minimum absolute atomic E-state index is 0.249. The van der Waals surface area contributed by atoms with Gasteiger partial charge >= 0.3 is 0 Å². The maximum absolute atomic E-state index is 13.8. The zero-order valence-electron chi connectivity index (χ0n) is 19.5. The monoisotopic (exact) mass is 449 g/mol. The fraction of sp³-hybridized carbons (Fsp3) is 0.577. The number of amides is 1. The number of carbonyl (C=O) groups excluding carboxylic acids is 1. The van der Waals surface area contributed by atoms with E-state index in [0.717, 1.165) is 56.2 Å². The first-order valence-electron chi connectivity index (χ1n) is 12.5. The molecule has 33 heavy (non-hydrogen) atoms. The van der Waals surface area contributed by atoms with Gasteiger partial charge in [0.2, 0.25) is 5.91 Å². The number of hydrogen-bond donors (Lipinski definition) is 0. The largest absolute Gasteiger partial charge is 0.381 e. The van der Waals surface area contributed by atoms with Crippen LogP contribution >= 0.6 is 0 Å². The fourth-order valence-corrected chi connectivity index (χ4v) is 5.50. The Bertz CT molecular complexity index is 898. The van der Waals surface area contributed by atoms with Crippen molar-refractivity contribution in [3.05, 3.63) is 48.0 Å². The predicted octanol–water partition coefficient (Wildman–Crippen LogP) is 3.25. The number of piperazine rings is 1. The molecule has 0 saturated carbocycles. The van der Waals surface area contributed by atoms with Gasteiger partial charge in [0.15, 0.2) is 11.6 Å². The molecule has 2 aromatic rings. The van der Waals surface area contributed by atoms with E-state index < -0.39 is 5.41 Å². The Morgan fingerprint density at radius 3 is 1.88 bits per heavy atom. The molecule has 3 aliphatic rings. The minimum Gasteiger partial charge on any atom is -0.381 e. The summed E-state index contributed by atoms with van der Waals surface area (Å²) in [6.07, 6.45) is 6.58. The van der Waals surface area contributed by atoms with Crippen molar-refractivity contribution in [1.82, 2.24) is 15.1 Å². The van der Waals surface area contributed by atoms with Crippen molar-refractivity contribution >= 4 is 17.5 Å². The highest BCUT2D eigenvalue weighted by Gasteiger charge is 2.44. The van der Waals surface area contributed by atoms with Crippen LogP contribution in [0, 0.1) is 0 Å². The molecule has 1 amide bonds. The van der Waals surface area contributed by atoms with Crippen LogP contribution in [0.5, 0.6) is 0 Å². The molecule has 3 aliphatic heterocycles. The molecule has 0 radical (unpaired) electrons. The molecule has 0 aliphatic carbocycles. The van der Waals surface area contributed by atoms with Crippen molar-refractivity contribution in [3.8, 4) is 0 Å². The summed E-state index contributed by atoms with van der Waals surface area (Å²) in [5.41, 5.74) is 0.659. The summed E-state index contributed by atoms with van der Waals surface area (Å²) in [7, 11) is 0. The van der Waals surface area contributed by atoms with E-state index in [1.54, 1.807) is 0 Å². The highest BCUT2D eigenvalue weighted by Crippen LogP contribution is 2.37. The Morgan fingerprint density at radius 1 is 0.727 bits per heavy atom. The van der Waals surface area contributed by atoms with E-state index in [2.05, 4.69) is 44.3 Å². The summed E-state index contributed by atoms with van der Waals surface area (Å²) in [4.78, 5) is 20.4. The second kappa shape index (κ2) is 10.1. The van der Waals surface area contributed by atoms with Gasteiger partial charge in [0.25, 0.3) is 0 Å². The van der Waals surface area contributed by atoms with E-state index in [0.29, 0.717) is 26.3 Å². The van der Waals surface area contributed by atoms with E-state index >= 15 is 0 Å². The van der Waals surface area contributed by atoms with Crippen LogP contribution in [0.1, 0.15) is 44.1 Å². The third kappa shape index (κ3) is 4.69. The van der Waals surface area contributed by atoms with Gasteiger partial charge in [0.1, 0.15) is 0 Å². The molecule has 1 aromatic carbocycles. The van der Waals surface area contributed by atoms with Gasteiger partial charge in [-0.2, -0.15) is 0 Å². The summed E-state index contributed by atoms with van der Waals surface area (Å²) < 4.78 is 5.62. The molecule has 176 valence electrons. The van der Waals surface area contributed by atoms with Crippen molar-refractivity contribution in [2.75, 3.05) is 62.3 Å². The predicted molar refractivity (Wildman–Crippen MR) is 130 cm³/mol. The van der Waals surface area contributed by atoms with Gasteiger partial charge < -0.3 is 19.4 Å². The summed E-state index contributed by atoms with van der Waals surface area (Å²) >= 11 is 0. The Kier molecular flexibility index (Phi) is 6.76. The second-order valence-electron chi connectivity index (χ2n) is 9.49. The molecule has 4 heterocycles. The summed E-state index contributed by atoms with van der Waals surface area (Å²) in [6.45, 7) is 6.41. The molecule has 3 fully saturated rings. The number of benzene rings is 1. The van der Waals surface area contributed by atoms with Crippen LogP contribution < -0.4 is 9.80 Å². The van der Waals surface area contributed by atoms with Gasteiger partial charge in [-0.25, -0.2) is 0 Å². The molecule has 7 nitrogen and oxygen atoms in total. The first kappa shape index (κ1) is 22.1. The molecule has 0 unspecified atom stereocenters. The standard InChI is InChI=1S/C26H35N5O2/c32-25(26(12-20-33-21-13-26)22-8-4-3-5-9-22)31-18-16-30(17-19-31)24-11-10-23(27-28-24)29-14-6-1-2-7-15-29/h3-5,8-11H,1-2,6-7,12-21H2. The summed E-state index contributed by atoms with van der Waals surface area (Å²) in [5, 5.41) is 9.08. The number of ether oxygens (including phenoxy) is 1. The van der Waals surface area contributed by atoms with Crippen molar-refractivity contribution in [2.45, 2.75) is 43.9 Å². The molecular weight excluding hydrogens is 414 g/mol. The van der Waals surface area contributed by atoms with Gasteiger partial charge in [0.05, 0.1) is 5.41 Å². The van der Waals surface area contributed by atoms with Crippen LogP contribution in [0.2, 0.25) is 0 Å². The van der Waals surface area contributed by atoms with Crippen molar-refractivity contribution < 1.29 is 9.53 Å².